The summed E-state index contributed by atoms with van der Waals surface area (Å²) in [7, 11) is 1.85. The van der Waals surface area contributed by atoms with E-state index in [9.17, 15) is 0 Å². The SMILES string of the molecule is CNc1nc(-c2cc(C)c3ccccc3n2)ncc1I. The zero-order chi connectivity index (χ0) is 14.1. The lowest BCUT2D eigenvalue weighted by atomic mass is 10.1. The number of aryl methyl sites for hydroxylation is 1. The molecule has 20 heavy (non-hydrogen) atoms. The summed E-state index contributed by atoms with van der Waals surface area (Å²) in [5, 5.41) is 4.23. The van der Waals surface area contributed by atoms with Crippen molar-refractivity contribution in [3.63, 3.8) is 0 Å². The molecule has 0 fully saturated rings. The Hall–Kier alpha value is -1.76. The van der Waals surface area contributed by atoms with Gasteiger partial charge in [-0.1, -0.05) is 18.2 Å². The summed E-state index contributed by atoms with van der Waals surface area (Å²) in [6.07, 6.45) is 1.81. The van der Waals surface area contributed by atoms with Gasteiger partial charge in [-0.15, -0.1) is 0 Å². The summed E-state index contributed by atoms with van der Waals surface area (Å²) in [5.41, 5.74) is 2.95. The van der Waals surface area contributed by atoms with Crippen LogP contribution in [0.4, 0.5) is 5.82 Å². The number of rotatable bonds is 2. The molecule has 0 saturated heterocycles. The summed E-state index contributed by atoms with van der Waals surface area (Å²) in [5.74, 6) is 1.46. The minimum Gasteiger partial charge on any atom is -0.372 e. The molecule has 0 spiro atoms. The van der Waals surface area contributed by atoms with Gasteiger partial charge < -0.3 is 5.32 Å². The number of para-hydroxylation sites is 1. The highest BCUT2D eigenvalue weighted by molar-refractivity contribution is 14.1. The fraction of sp³-hybridized carbons (Fsp3) is 0.133. The molecule has 0 amide bonds. The number of hydrogen-bond donors (Lipinski definition) is 1. The Kier molecular flexibility index (Phi) is 3.52. The van der Waals surface area contributed by atoms with Crippen molar-refractivity contribution in [2.24, 2.45) is 0 Å². The smallest absolute Gasteiger partial charge is 0.180 e. The Labute approximate surface area is 130 Å². The number of hydrogen-bond acceptors (Lipinski definition) is 4. The zero-order valence-corrected chi connectivity index (χ0v) is 13.3. The van der Waals surface area contributed by atoms with Gasteiger partial charge in [0.1, 0.15) is 11.5 Å². The van der Waals surface area contributed by atoms with E-state index in [2.05, 4.69) is 55.8 Å². The summed E-state index contributed by atoms with van der Waals surface area (Å²) in [6.45, 7) is 2.08. The number of aromatic nitrogens is 3. The number of nitrogens with one attached hydrogen (secondary N) is 1. The molecule has 0 aliphatic rings. The molecule has 1 aromatic carbocycles. The second-order valence-corrected chi connectivity index (χ2v) is 5.64. The van der Waals surface area contributed by atoms with Crippen LogP contribution in [-0.2, 0) is 0 Å². The predicted molar refractivity (Wildman–Crippen MR) is 89.8 cm³/mol. The van der Waals surface area contributed by atoms with Crippen molar-refractivity contribution < 1.29 is 0 Å². The van der Waals surface area contributed by atoms with E-state index in [1.165, 1.54) is 5.56 Å². The molecule has 1 N–H and O–H groups in total. The van der Waals surface area contributed by atoms with Gasteiger partial charge in [-0.25, -0.2) is 15.0 Å². The Bertz CT molecular complexity index is 786. The first-order chi connectivity index (χ1) is 9.69. The van der Waals surface area contributed by atoms with Gasteiger partial charge in [-0.05, 0) is 47.2 Å². The molecule has 0 aliphatic carbocycles. The predicted octanol–water partition coefficient (Wildman–Crippen LogP) is 3.65. The van der Waals surface area contributed by atoms with Crippen LogP contribution in [0.3, 0.4) is 0 Å². The molecule has 4 nitrogen and oxygen atoms in total. The Morgan fingerprint density at radius 2 is 1.95 bits per heavy atom. The number of nitrogens with zero attached hydrogens (tertiary/aromatic N) is 3. The van der Waals surface area contributed by atoms with Crippen molar-refractivity contribution in [1.29, 1.82) is 0 Å². The minimum absolute atomic E-state index is 0.642. The van der Waals surface area contributed by atoms with Gasteiger partial charge in [0, 0.05) is 18.6 Å². The number of benzene rings is 1. The lowest BCUT2D eigenvalue weighted by molar-refractivity contribution is 1.13. The van der Waals surface area contributed by atoms with Gasteiger partial charge in [-0.2, -0.15) is 0 Å². The number of halogens is 1. The van der Waals surface area contributed by atoms with Gasteiger partial charge in [0.05, 0.1) is 9.09 Å². The van der Waals surface area contributed by atoms with Gasteiger partial charge in [-0.3, -0.25) is 0 Å². The van der Waals surface area contributed by atoms with E-state index in [4.69, 9.17) is 0 Å². The molecule has 3 rings (SSSR count). The van der Waals surface area contributed by atoms with Crippen molar-refractivity contribution in [2.75, 3.05) is 12.4 Å². The minimum atomic E-state index is 0.642. The summed E-state index contributed by atoms with van der Waals surface area (Å²) < 4.78 is 0.992. The molecule has 0 saturated carbocycles. The largest absolute Gasteiger partial charge is 0.372 e. The van der Waals surface area contributed by atoms with Crippen LogP contribution in [0.5, 0.6) is 0 Å². The van der Waals surface area contributed by atoms with Crippen LogP contribution in [0.15, 0.2) is 36.5 Å². The summed E-state index contributed by atoms with van der Waals surface area (Å²) in [4.78, 5) is 13.6. The van der Waals surface area contributed by atoms with Crippen molar-refractivity contribution in [2.45, 2.75) is 6.92 Å². The molecule has 5 heteroatoms. The first-order valence-corrected chi connectivity index (χ1v) is 7.34. The monoisotopic (exact) mass is 376 g/mol. The van der Waals surface area contributed by atoms with Gasteiger partial charge in [0.15, 0.2) is 5.82 Å². The average molecular weight is 376 g/mol. The van der Waals surface area contributed by atoms with Gasteiger partial charge in [0.25, 0.3) is 0 Å². The second kappa shape index (κ2) is 5.32. The fourth-order valence-electron chi connectivity index (χ4n) is 2.13. The summed E-state index contributed by atoms with van der Waals surface area (Å²) >= 11 is 2.21. The van der Waals surface area contributed by atoms with Gasteiger partial charge >= 0.3 is 0 Å². The average Bonchev–Trinajstić information content (AvgIpc) is 2.47. The molecule has 0 aliphatic heterocycles. The lowest BCUT2D eigenvalue weighted by Gasteiger charge is -2.07. The van der Waals surface area contributed by atoms with E-state index in [1.54, 1.807) is 6.20 Å². The van der Waals surface area contributed by atoms with Crippen molar-refractivity contribution in [3.05, 3.63) is 45.7 Å². The quantitative estimate of drug-likeness (QED) is 0.694. The Morgan fingerprint density at radius 3 is 2.75 bits per heavy atom. The molecule has 0 atom stereocenters. The van der Waals surface area contributed by atoms with E-state index in [0.717, 1.165) is 26.0 Å². The standard InChI is InChI=1S/C15H13IN4/c1-9-7-13(19-12-6-4-3-5-10(9)12)15-18-8-11(16)14(17-2)20-15/h3-8H,1-2H3,(H,17,18,20). The molecule has 2 heterocycles. The Balaban J connectivity index is 2.19. The van der Waals surface area contributed by atoms with Crippen LogP contribution in [-0.4, -0.2) is 22.0 Å². The van der Waals surface area contributed by atoms with E-state index in [1.807, 2.05) is 31.3 Å². The topological polar surface area (TPSA) is 50.7 Å². The van der Waals surface area contributed by atoms with Crippen molar-refractivity contribution >= 4 is 39.3 Å². The first kappa shape index (κ1) is 13.2. The maximum Gasteiger partial charge on any atom is 0.180 e. The third-order valence-electron chi connectivity index (χ3n) is 3.13. The molecule has 0 radical (unpaired) electrons. The number of fused-ring (bicyclic) bond motifs is 1. The molecule has 100 valence electrons. The highest BCUT2D eigenvalue weighted by atomic mass is 127. The van der Waals surface area contributed by atoms with Crippen LogP contribution in [0.2, 0.25) is 0 Å². The molecule has 0 unspecified atom stereocenters. The van der Waals surface area contributed by atoms with Crippen molar-refractivity contribution in [1.82, 2.24) is 15.0 Å². The van der Waals surface area contributed by atoms with Crippen LogP contribution in [0, 0.1) is 10.5 Å². The molecule has 0 bridgehead atoms. The van der Waals surface area contributed by atoms with Gasteiger partial charge in [0.2, 0.25) is 0 Å². The van der Waals surface area contributed by atoms with E-state index >= 15 is 0 Å². The van der Waals surface area contributed by atoms with Crippen LogP contribution < -0.4 is 5.32 Å². The van der Waals surface area contributed by atoms with Crippen LogP contribution in [0.1, 0.15) is 5.56 Å². The van der Waals surface area contributed by atoms with Crippen molar-refractivity contribution in [3.8, 4) is 11.5 Å². The lowest BCUT2D eigenvalue weighted by Crippen LogP contribution is -2.00. The second-order valence-electron chi connectivity index (χ2n) is 4.48. The highest BCUT2D eigenvalue weighted by Gasteiger charge is 2.09. The highest BCUT2D eigenvalue weighted by Crippen LogP contribution is 2.24. The molecule has 2 aromatic heterocycles. The maximum atomic E-state index is 4.66. The van der Waals surface area contributed by atoms with E-state index < -0.39 is 0 Å². The third-order valence-corrected chi connectivity index (χ3v) is 3.92. The normalized spacial score (nSPS) is 10.8. The van der Waals surface area contributed by atoms with Crippen LogP contribution in [0.25, 0.3) is 22.4 Å². The zero-order valence-electron chi connectivity index (χ0n) is 11.2. The number of anilines is 1. The molecular weight excluding hydrogens is 363 g/mol. The van der Waals surface area contributed by atoms with Crippen LogP contribution >= 0.6 is 22.6 Å². The number of pyridine rings is 1. The molecular formula is C15H13IN4. The third kappa shape index (κ3) is 2.33. The Morgan fingerprint density at radius 1 is 1.15 bits per heavy atom. The summed E-state index contributed by atoms with van der Waals surface area (Å²) in [6, 6.07) is 10.1. The first-order valence-electron chi connectivity index (χ1n) is 6.26. The fourth-order valence-corrected chi connectivity index (χ4v) is 2.66. The molecule has 3 aromatic rings. The van der Waals surface area contributed by atoms with E-state index in [0.29, 0.717) is 5.82 Å². The maximum absolute atomic E-state index is 4.66. The van der Waals surface area contributed by atoms with E-state index in [-0.39, 0.29) is 0 Å².